The predicted molar refractivity (Wildman–Crippen MR) is 132 cm³/mol. The summed E-state index contributed by atoms with van der Waals surface area (Å²) in [5, 5.41) is 16.1. The van der Waals surface area contributed by atoms with Gasteiger partial charge in [0.15, 0.2) is 6.10 Å². The van der Waals surface area contributed by atoms with Crippen molar-refractivity contribution >= 4 is 19.6 Å². The molecule has 0 aliphatic carbocycles. The van der Waals surface area contributed by atoms with Crippen LogP contribution in [0.25, 0.3) is 4.85 Å². The largest absolute Gasteiger partial charge is 0.462 e. The molecule has 0 saturated carbocycles. The van der Waals surface area contributed by atoms with E-state index in [4.69, 9.17) is 25.1 Å². The fourth-order valence-corrected chi connectivity index (χ4v) is 5.21. The van der Waals surface area contributed by atoms with Gasteiger partial charge in [-0.1, -0.05) is 24.8 Å². The molecule has 6 atom stereocenters. The third-order valence-electron chi connectivity index (χ3n) is 5.65. The Balaban J connectivity index is 1.80. The lowest BCUT2D eigenvalue weighted by Crippen LogP contribution is -2.52. The van der Waals surface area contributed by atoms with Gasteiger partial charge in [0.2, 0.25) is 6.23 Å². The van der Waals surface area contributed by atoms with Gasteiger partial charge in [-0.2, -0.15) is 5.09 Å². The maximum absolute atomic E-state index is 13.7. The average molecular weight is 535 g/mol. The first kappa shape index (κ1) is 28.4. The Morgan fingerprint density at radius 2 is 2.05 bits per heavy atom. The standard InChI is InChI=1S/C24H31N4O8P/c1-15(2)34-22(31)16(3)27-37(32,36-18-10-8-7-9-11-18)33-14-19-21(30)24(5,25-6)23(35-19)28-13-12-20(29)26-17(28)4/h7-13,15-16,19,21,23,30H,4,14H2,1-3,5H3,(H,26,29)(H,27,32)/t16-,19-,21-,23-,24-,37-/m1/s1. The molecule has 1 saturated heterocycles. The van der Waals surface area contributed by atoms with Crippen LogP contribution in [0.15, 0.2) is 55.0 Å². The van der Waals surface area contributed by atoms with Gasteiger partial charge in [-0.15, -0.1) is 0 Å². The van der Waals surface area contributed by atoms with E-state index >= 15 is 0 Å². The number of benzene rings is 1. The maximum Gasteiger partial charge on any atom is 0.459 e. The van der Waals surface area contributed by atoms with E-state index in [0.29, 0.717) is 0 Å². The SMILES string of the molecule is [C-]#[N+][C@]1(C)[C@H](O)[C@@H](CO[P@](=O)(N[C@H](C)C(=O)OC(C)C)Oc2ccccc2)O[C@H]1N1C=CC(=O)NC1=C. The minimum atomic E-state index is -4.22. The summed E-state index contributed by atoms with van der Waals surface area (Å²) in [6, 6.07) is 7.15. The van der Waals surface area contributed by atoms with Gasteiger partial charge in [0, 0.05) is 19.2 Å². The first-order valence-electron chi connectivity index (χ1n) is 11.5. The van der Waals surface area contributed by atoms with Crippen LogP contribution in [0.4, 0.5) is 0 Å². The molecule has 2 aliphatic rings. The zero-order valence-corrected chi connectivity index (χ0v) is 21.9. The average Bonchev–Trinajstić information content (AvgIpc) is 3.08. The number of aliphatic hydroxyl groups is 1. The van der Waals surface area contributed by atoms with E-state index in [1.807, 2.05) is 0 Å². The molecular formula is C24H31N4O8P. The fourth-order valence-electron chi connectivity index (χ4n) is 3.71. The van der Waals surface area contributed by atoms with Gasteiger partial charge in [-0.05, 0) is 32.9 Å². The minimum Gasteiger partial charge on any atom is -0.462 e. The molecule has 1 aromatic carbocycles. The Hall–Kier alpha value is -3.20. The molecule has 3 N–H and O–H groups in total. The fraction of sp³-hybridized carbons (Fsp3) is 0.458. The van der Waals surface area contributed by atoms with Crippen LogP contribution >= 0.6 is 7.75 Å². The Kier molecular flexibility index (Phi) is 8.79. The van der Waals surface area contributed by atoms with Gasteiger partial charge >= 0.3 is 19.3 Å². The molecule has 0 bridgehead atoms. The first-order chi connectivity index (χ1) is 17.4. The van der Waals surface area contributed by atoms with Crippen molar-refractivity contribution in [2.45, 2.75) is 63.8 Å². The Bertz CT molecular complexity index is 1140. The van der Waals surface area contributed by atoms with Crippen molar-refractivity contribution in [2.24, 2.45) is 0 Å². The summed E-state index contributed by atoms with van der Waals surface area (Å²) in [6.07, 6.45) is -1.28. The van der Waals surface area contributed by atoms with Gasteiger partial charge in [0.25, 0.3) is 5.91 Å². The minimum absolute atomic E-state index is 0.165. The highest BCUT2D eigenvalue weighted by Crippen LogP contribution is 2.47. The molecule has 0 unspecified atom stereocenters. The predicted octanol–water partition coefficient (Wildman–Crippen LogP) is 2.30. The molecule has 1 aromatic rings. The lowest BCUT2D eigenvalue weighted by Gasteiger charge is -2.33. The molecule has 2 aliphatic heterocycles. The van der Waals surface area contributed by atoms with Crippen molar-refractivity contribution in [3.05, 3.63) is 66.4 Å². The third-order valence-corrected chi connectivity index (χ3v) is 7.29. The highest BCUT2D eigenvalue weighted by molar-refractivity contribution is 7.52. The van der Waals surface area contributed by atoms with Gasteiger partial charge < -0.3 is 34.2 Å². The van der Waals surface area contributed by atoms with E-state index in [1.165, 1.54) is 31.0 Å². The third kappa shape index (κ3) is 6.57. The zero-order chi connectivity index (χ0) is 27.4. The van der Waals surface area contributed by atoms with E-state index in [2.05, 4.69) is 21.8 Å². The quantitative estimate of drug-likeness (QED) is 0.233. The number of carbonyl (C=O) groups is 2. The molecule has 0 spiro atoms. The molecule has 200 valence electrons. The molecular weight excluding hydrogens is 503 g/mol. The van der Waals surface area contributed by atoms with Crippen LogP contribution in [0.5, 0.6) is 5.75 Å². The van der Waals surface area contributed by atoms with Gasteiger partial charge in [0.05, 0.1) is 12.7 Å². The smallest absolute Gasteiger partial charge is 0.459 e. The van der Waals surface area contributed by atoms with Crippen molar-refractivity contribution in [3.63, 3.8) is 0 Å². The molecule has 2 heterocycles. The number of para-hydroxylation sites is 1. The van der Waals surface area contributed by atoms with Crippen molar-refractivity contribution in [1.29, 1.82) is 0 Å². The Morgan fingerprint density at radius 1 is 1.38 bits per heavy atom. The summed E-state index contributed by atoms with van der Waals surface area (Å²) in [4.78, 5) is 28.9. The second kappa shape index (κ2) is 11.5. The molecule has 0 aromatic heterocycles. The highest BCUT2D eigenvalue weighted by Gasteiger charge is 2.62. The second-order valence-corrected chi connectivity index (χ2v) is 10.7. The summed E-state index contributed by atoms with van der Waals surface area (Å²) in [5.41, 5.74) is -1.49. The molecule has 13 heteroatoms. The summed E-state index contributed by atoms with van der Waals surface area (Å²) in [5.74, 6) is -0.673. The summed E-state index contributed by atoms with van der Waals surface area (Å²) < 4.78 is 36.1. The lowest BCUT2D eigenvalue weighted by molar-refractivity contribution is -0.149. The number of hydrogen-bond acceptors (Lipinski definition) is 9. The van der Waals surface area contributed by atoms with E-state index in [0.717, 1.165) is 0 Å². The number of amides is 1. The molecule has 1 fully saturated rings. The van der Waals surface area contributed by atoms with Crippen LogP contribution in [-0.4, -0.2) is 64.6 Å². The van der Waals surface area contributed by atoms with Gasteiger partial charge in [-0.25, -0.2) is 11.1 Å². The van der Waals surface area contributed by atoms with Crippen LogP contribution in [0, 0.1) is 6.57 Å². The summed E-state index contributed by atoms with van der Waals surface area (Å²) in [6.45, 7) is 17.3. The Labute approximate surface area is 215 Å². The number of aliphatic hydroxyl groups excluding tert-OH is 1. The maximum atomic E-state index is 13.7. The summed E-state index contributed by atoms with van der Waals surface area (Å²) >= 11 is 0. The Morgan fingerprint density at radius 3 is 2.65 bits per heavy atom. The van der Waals surface area contributed by atoms with Gasteiger partial charge in [-0.3, -0.25) is 14.1 Å². The number of rotatable bonds is 10. The van der Waals surface area contributed by atoms with Crippen molar-refractivity contribution < 1.29 is 37.8 Å². The van der Waals surface area contributed by atoms with E-state index in [9.17, 15) is 19.3 Å². The number of hydrogen-bond donors (Lipinski definition) is 3. The molecule has 12 nitrogen and oxygen atoms in total. The number of carbonyl (C=O) groups excluding carboxylic acids is 2. The van der Waals surface area contributed by atoms with E-state index in [1.54, 1.807) is 44.2 Å². The molecule has 1 amide bonds. The van der Waals surface area contributed by atoms with Crippen LogP contribution in [0.2, 0.25) is 0 Å². The van der Waals surface area contributed by atoms with E-state index in [-0.39, 0.29) is 23.6 Å². The second-order valence-electron chi connectivity index (χ2n) is 9.00. The van der Waals surface area contributed by atoms with Crippen LogP contribution in [0.3, 0.4) is 0 Å². The highest BCUT2D eigenvalue weighted by atomic mass is 31.2. The normalized spacial score (nSPS) is 27.8. The number of esters is 1. The lowest BCUT2D eigenvalue weighted by atomic mass is 9.92. The number of nitrogens with zero attached hydrogens (tertiary/aromatic N) is 2. The van der Waals surface area contributed by atoms with Gasteiger partial charge in [0.1, 0.15) is 23.7 Å². The molecule has 0 radical (unpaired) electrons. The van der Waals surface area contributed by atoms with Crippen LogP contribution in [0.1, 0.15) is 27.7 Å². The van der Waals surface area contributed by atoms with Crippen molar-refractivity contribution in [2.75, 3.05) is 6.61 Å². The number of nitrogens with one attached hydrogen (secondary N) is 2. The van der Waals surface area contributed by atoms with Crippen LogP contribution in [-0.2, 0) is 28.2 Å². The van der Waals surface area contributed by atoms with Crippen molar-refractivity contribution in [3.8, 4) is 5.75 Å². The number of ether oxygens (including phenoxy) is 2. The zero-order valence-electron chi connectivity index (χ0n) is 21.0. The molecule has 3 rings (SSSR count). The van der Waals surface area contributed by atoms with Crippen LogP contribution < -0.4 is 14.9 Å². The monoisotopic (exact) mass is 534 g/mol. The summed E-state index contributed by atoms with van der Waals surface area (Å²) in [7, 11) is -4.22. The molecule has 37 heavy (non-hydrogen) atoms. The van der Waals surface area contributed by atoms with Crippen molar-refractivity contribution in [1.82, 2.24) is 15.3 Å². The first-order valence-corrected chi connectivity index (χ1v) is 13.1. The van der Waals surface area contributed by atoms with E-state index < -0.39 is 50.3 Å². The topological polar surface area (TPSA) is 140 Å².